The molecule has 2 aromatic rings. The summed E-state index contributed by atoms with van der Waals surface area (Å²) in [6.07, 6.45) is 1.56. The molecular weight excluding hydrogens is 294 g/mol. The van der Waals surface area contributed by atoms with Gasteiger partial charge >= 0.3 is 0 Å². The van der Waals surface area contributed by atoms with Crippen LogP contribution in [0.15, 0.2) is 53.1 Å². The lowest BCUT2D eigenvalue weighted by Crippen LogP contribution is -2.41. The van der Waals surface area contributed by atoms with Gasteiger partial charge in [0.25, 0.3) is 0 Å². The molecule has 0 atom stereocenters. The van der Waals surface area contributed by atoms with Crippen LogP contribution in [0.4, 0.5) is 5.69 Å². The Labute approximate surface area is 135 Å². The number of hydrogen-bond donors (Lipinski definition) is 1. The summed E-state index contributed by atoms with van der Waals surface area (Å²) in [7, 11) is 3.46. The Morgan fingerprint density at radius 3 is 2.43 bits per heavy atom. The summed E-state index contributed by atoms with van der Waals surface area (Å²) >= 11 is 0. The zero-order valence-corrected chi connectivity index (χ0v) is 13.4. The number of rotatable bonds is 7. The van der Waals surface area contributed by atoms with Crippen molar-refractivity contribution in [1.29, 1.82) is 0 Å². The minimum atomic E-state index is -0.154. The highest BCUT2D eigenvalue weighted by molar-refractivity contribution is 5.94. The van der Waals surface area contributed by atoms with Gasteiger partial charge in [0.05, 0.1) is 25.9 Å². The van der Waals surface area contributed by atoms with Gasteiger partial charge in [0.1, 0.15) is 5.76 Å². The van der Waals surface area contributed by atoms with Crippen molar-refractivity contribution in [3.05, 3.63) is 54.5 Å². The Balaban J connectivity index is 1.76. The van der Waals surface area contributed by atoms with Crippen LogP contribution in [0, 0.1) is 0 Å². The molecule has 0 bridgehead atoms. The number of likely N-dealkylation sites (N-methyl/N-ethyl adjacent to an activating group) is 2. The molecule has 1 heterocycles. The quantitative estimate of drug-likeness (QED) is 0.841. The van der Waals surface area contributed by atoms with Gasteiger partial charge in [-0.3, -0.25) is 14.5 Å². The Morgan fingerprint density at radius 2 is 1.78 bits per heavy atom. The van der Waals surface area contributed by atoms with E-state index in [1.165, 1.54) is 0 Å². The van der Waals surface area contributed by atoms with Crippen LogP contribution in [0.1, 0.15) is 5.76 Å². The third-order valence-corrected chi connectivity index (χ3v) is 3.38. The van der Waals surface area contributed by atoms with Gasteiger partial charge in [-0.15, -0.1) is 0 Å². The van der Waals surface area contributed by atoms with Crippen molar-refractivity contribution in [1.82, 2.24) is 10.2 Å². The molecule has 1 aromatic heterocycles. The van der Waals surface area contributed by atoms with Gasteiger partial charge in [0, 0.05) is 12.7 Å². The highest BCUT2D eigenvalue weighted by Gasteiger charge is 2.15. The van der Waals surface area contributed by atoms with Gasteiger partial charge in [-0.1, -0.05) is 18.2 Å². The minimum Gasteiger partial charge on any atom is -0.467 e. The van der Waals surface area contributed by atoms with Crippen LogP contribution in [0.3, 0.4) is 0 Å². The molecule has 2 rings (SSSR count). The Bertz CT molecular complexity index is 626. The fourth-order valence-corrected chi connectivity index (χ4v) is 2.09. The van der Waals surface area contributed by atoms with E-state index in [-0.39, 0.29) is 24.9 Å². The van der Waals surface area contributed by atoms with Crippen LogP contribution in [0.2, 0.25) is 0 Å². The fourth-order valence-electron chi connectivity index (χ4n) is 2.09. The molecule has 23 heavy (non-hydrogen) atoms. The first-order valence-electron chi connectivity index (χ1n) is 7.35. The minimum absolute atomic E-state index is 0.0717. The molecule has 0 aliphatic carbocycles. The SMILES string of the molecule is CN(CC(=O)NCc1ccco1)CC(=O)N(C)c1ccccc1. The Morgan fingerprint density at radius 1 is 1.04 bits per heavy atom. The molecule has 1 aromatic carbocycles. The lowest BCUT2D eigenvalue weighted by Gasteiger charge is -2.21. The van der Waals surface area contributed by atoms with Crippen molar-refractivity contribution >= 4 is 17.5 Å². The van der Waals surface area contributed by atoms with Crippen LogP contribution < -0.4 is 10.2 Å². The van der Waals surface area contributed by atoms with E-state index in [2.05, 4.69) is 5.32 Å². The van der Waals surface area contributed by atoms with Crippen molar-refractivity contribution in [3.8, 4) is 0 Å². The Hall–Kier alpha value is -2.60. The van der Waals surface area contributed by atoms with Crippen molar-refractivity contribution in [2.75, 3.05) is 32.1 Å². The number of furan rings is 1. The van der Waals surface area contributed by atoms with E-state index in [1.54, 1.807) is 42.3 Å². The first-order chi connectivity index (χ1) is 11.1. The number of carbonyl (C=O) groups excluding carboxylic acids is 2. The van der Waals surface area contributed by atoms with Crippen LogP contribution in [-0.2, 0) is 16.1 Å². The Kier molecular flexibility index (Phi) is 5.94. The highest BCUT2D eigenvalue weighted by Crippen LogP contribution is 2.11. The van der Waals surface area contributed by atoms with Gasteiger partial charge in [-0.25, -0.2) is 0 Å². The van der Waals surface area contributed by atoms with Gasteiger partial charge in [-0.2, -0.15) is 0 Å². The smallest absolute Gasteiger partial charge is 0.240 e. The van der Waals surface area contributed by atoms with Crippen molar-refractivity contribution < 1.29 is 14.0 Å². The fraction of sp³-hybridized carbons (Fsp3) is 0.294. The molecule has 122 valence electrons. The first kappa shape index (κ1) is 16.8. The standard InChI is InChI=1S/C17H21N3O3/c1-19(12-16(21)18-11-15-9-6-10-23-15)13-17(22)20(2)14-7-4-3-5-8-14/h3-10H,11-13H2,1-2H3,(H,18,21). The number of nitrogens with one attached hydrogen (secondary N) is 1. The van der Waals surface area contributed by atoms with Crippen LogP contribution in [0.25, 0.3) is 0 Å². The van der Waals surface area contributed by atoms with E-state index >= 15 is 0 Å². The van der Waals surface area contributed by atoms with Gasteiger partial charge in [0.15, 0.2) is 0 Å². The maximum absolute atomic E-state index is 12.2. The van der Waals surface area contributed by atoms with Crippen molar-refractivity contribution in [2.24, 2.45) is 0 Å². The molecular formula is C17H21N3O3. The molecule has 0 saturated carbocycles. The molecule has 0 radical (unpaired) electrons. The van der Waals surface area contributed by atoms with E-state index in [1.807, 2.05) is 30.3 Å². The molecule has 1 N–H and O–H groups in total. The topological polar surface area (TPSA) is 65.8 Å². The summed E-state index contributed by atoms with van der Waals surface area (Å²) in [5.74, 6) is 0.470. The second-order valence-electron chi connectivity index (χ2n) is 5.32. The second kappa shape index (κ2) is 8.14. The molecule has 6 heteroatoms. The molecule has 0 unspecified atom stereocenters. The average molecular weight is 315 g/mol. The second-order valence-corrected chi connectivity index (χ2v) is 5.32. The summed E-state index contributed by atoms with van der Waals surface area (Å²) < 4.78 is 5.14. The van der Waals surface area contributed by atoms with E-state index < -0.39 is 0 Å². The molecule has 6 nitrogen and oxygen atoms in total. The number of hydrogen-bond acceptors (Lipinski definition) is 4. The van der Waals surface area contributed by atoms with E-state index in [0.717, 1.165) is 5.69 Å². The van der Waals surface area contributed by atoms with Crippen LogP contribution in [-0.4, -0.2) is 43.9 Å². The predicted molar refractivity (Wildman–Crippen MR) is 87.9 cm³/mol. The number of nitrogens with zero attached hydrogens (tertiary/aromatic N) is 2. The summed E-state index contributed by atoms with van der Waals surface area (Å²) in [5.41, 5.74) is 0.827. The molecule has 0 fully saturated rings. The summed E-state index contributed by atoms with van der Waals surface area (Å²) in [4.78, 5) is 27.3. The number of amides is 2. The lowest BCUT2D eigenvalue weighted by atomic mass is 10.3. The molecule has 0 saturated heterocycles. The maximum atomic E-state index is 12.2. The predicted octanol–water partition coefficient (Wildman–Crippen LogP) is 1.49. The summed E-state index contributed by atoms with van der Waals surface area (Å²) in [6, 6.07) is 13.0. The molecule has 2 amide bonds. The number of anilines is 1. The maximum Gasteiger partial charge on any atom is 0.240 e. The monoisotopic (exact) mass is 315 g/mol. The highest BCUT2D eigenvalue weighted by atomic mass is 16.3. The number of para-hydroxylation sites is 1. The van der Waals surface area contributed by atoms with Crippen LogP contribution >= 0.6 is 0 Å². The third-order valence-electron chi connectivity index (χ3n) is 3.38. The van der Waals surface area contributed by atoms with Crippen LogP contribution in [0.5, 0.6) is 0 Å². The average Bonchev–Trinajstić information content (AvgIpc) is 3.06. The third kappa shape index (κ3) is 5.27. The molecule has 0 aliphatic rings. The zero-order valence-electron chi connectivity index (χ0n) is 13.4. The summed E-state index contributed by atoms with van der Waals surface area (Å²) in [5, 5.41) is 2.75. The van der Waals surface area contributed by atoms with E-state index in [4.69, 9.17) is 4.42 Å². The largest absolute Gasteiger partial charge is 0.467 e. The number of benzene rings is 1. The molecule has 0 spiro atoms. The normalized spacial score (nSPS) is 10.6. The van der Waals surface area contributed by atoms with Crippen molar-refractivity contribution in [2.45, 2.75) is 6.54 Å². The van der Waals surface area contributed by atoms with Gasteiger partial charge in [-0.05, 0) is 31.3 Å². The van der Waals surface area contributed by atoms with Crippen molar-refractivity contribution in [3.63, 3.8) is 0 Å². The number of carbonyl (C=O) groups is 2. The zero-order chi connectivity index (χ0) is 16.7. The lowest BCUT2D eigenvalue weighted by molar-refractivity contribution is -0.123. The first-order valence-corrected chi connectivity index (χ1v) is 7.35. The molecule has 0 aliphatic heterocycles. The van der Waals surface area contributed by atoms with Gasteiger partial charge < -0.3 is 14.6 Å². The van der Waals surface area contributed by atoms with E-state index in [9.17, 15) is 9.59 Å². The van der Waals surface area contributed by atoms with Gasteiger partial charge in [0.2, 0.25) is 11.8 Å². The summed E-state index contributed by atoms with van der Waals surface area (Å²) in [6.45, 7) is 0.659. The van der Waals surface area contributed by atoms with E-state index in [0.29, 0.717) is 12.3 Å².